The first-order valence-corrected chi connectivity index (χ1v) is 11.4. The van der Waals surface area contributed by atoms with E-state index in [0.29, 0.717) is 46.8 Å². The summed E-state index contributed by atoms with van der Waals surface area (Å²) in [5, 5.41) is 11.5. The van der Waals surface area contributed by atoms with Gasteiger partial charge >= 0.3 is 0 Å². The van der Waals surface area contributed by atoms with Crippen LogP contribution in [0.25, 0.3) is 33.4 Å². The summed E-state index contributed by atoms with van der Waals surface area (Å²) < 4.78 is 7.99. The molecule has 0 amide bonds. The minimum absolute atomic E-state index is 0.118. The molecule has 32 heavy (non-hydrogen) atoms. The fourth-order valence-electron chi connectivity index (χ4n) is 5.00. The molecular weight excluding hydrogens is 402 g/mol. The van der Waals surface area contributed by atoms with Gasteiger partial charge in [0.1, 0.15) is 29.0 Å². The van der Waals surface area contributed by atoms with Gasteiger partial charge in [0.15, 0.2) is 0 Å². The van der Waals surface area contributed by atoms with Crippen molar-refractivity contribution >= 4 is 22.0 Å². The Labute approximate surface area is 187 Å². The Hall–Kier alpha value is -3.12. The summed E-state index contributed by atoms with van der Waals surface area (Å²) in [6.45, 7) is 6.80. The number of nitrogens with zero attached hydrogens (tertiary/aromatic N) is 3. The van der Waals surface area contributed by atoms with Crippen LogP contribution in [0.5, 0.6) is 5.75 Å². The molecule has 2 aromatic carbocycles. The van der Waals surface area contributed by atoms with Gasteiger partial charge in [-0.15, -0.1) is 0 Å². The molecule has 0 spiro atoms. The van der Waals surface area contributed by atoms with Crippen molar-refractivity contribution in [2.45, 2.75) is 39.7 Å². The summed E-state index contributed by atoms with van der Waals surface area (Å²) in [5.74, 6) is 1.46. The van der Waals surface area contributed by atoms with Gasteiger partial charge in [0.2, 0.25) is 5.43 Å². The minimum atomic E-state index is -0.118. The van der Waals surface area contributed by atoms with Crippen LogP contribution in [-0.2, 0) is 20.0 Å². The number of aromatic nitrogens is 2. The lowest BCUT2D eigenvalue weighted by molar-refractivity contribution is 0.175. The number of imidazole rings is 1. The average Bonchev–Trinajstić information content (AvgIpc) is 3.12. The van der Waals surface area contributed by atoms with Crippen LogP contribution in [0.2, 0.25) is 0 Å². The highest BCUT2D eigenvalue weighted by molar-refractivity contribution is 5.87. The Bertz CT molecular complexity index is 1370. The number of para-hydroxylation sites is 2. The molecule has 0 unspecified atom stereocenters. The largest absolute Gasteiger partial charge is 0.507 e. The predicted octanol–water partition coefficient (Wildman–Crippen LogP) is 4.85. The van der Waals surface area contributed by atoms with Crippen molar-refractivity contribution in [2.24, 2.45) is 13.0 Å². The van der Waals surface area contributed by atoms with E-state index in [1.54, 1.807) is 6.07 Å². The summed E-state index contributed by atoms with van der Waals surface area (Å²) >= 11 is 0. The van der Waals surface area contributed by atoms with Gasteiger partial charge in [-0.25, -0.2) is 4.98 Å². The molecule has 2 aromatic heterocycles. The summed E-state index contributed by atoms with van der Waals surface area (Å²) in [6, 6.07) is 9.60. The molecule has 1 fully saturated rings. The zero-order valence-electron chi connectivity index (χ0n) is 18.9. The van der Waals surface area contributed by atoms with E-state index in [-0.39, 0.29) is 11.2 Å². The number of hydrogen-bond acceptors (Lipinski definition) is 5. The lowest BCUT2D eigenvalue weighted by atomic mass is 9.97. The van der Waals surface area contributed by atoms with Gasteiger partial charge in [-0.05, 0) is 55.5 Å². The zero-order valence-corrected chi connectivity index (χ0v) is 18.9. The maximum absolute atomic E-state index is 13.6. The highest BCUT2D eigenvalue weighted by Crippen LogP contribution is 2.34. The molecular formula is C26H29N3O3. The van der Waals surface area contributed by atoms with Gasteiger partial charge in [0, 0.05) is 20.1 Å². The first kappa shape index (κ1) is 20.8. The number of likely N-dealkylation sites (tertiary alicyclic amines) is 1. The Morgan fingerprint density at radius 2 is 2.09 bits per heavy atom. The second kappa shape index (κ2) is 8.10. The van der Waals surface area contributed by atoms with Crippen LogP contribution in [-0.4, -0.2) is 32.6 Å². The quantitative estimate of drug-likeness (QED) is 0.500. The maximum atomic E-state index is 13.6. The van der Waals surface area contributed by atoms with Crippen LogP contribution in [0.15, 0.2) is 45.8 Å². The van der Waals surface area contributed by atoms with E-state index in [1.165, 1.54) is 12.7 Å². The molecule has 0 aliphatic carbocycles. The van der Waals surface area contributed by atoms with Crippen LogP contribution < -0.4 is 5.43 Å². The zero-order chi connectivity index (χ0) is 22.4. The van der Waals surface area contributed by atoms with Crippen molar-refractivity contribution in [1.29, 1.82) is 0 Å². The first-order valence-electron chi connectivity index (χ1n) is 11.4. The molecule has 0 radical (unpaired) electrons. The lowest BCUT2D eigenvalue weighted by Crippen LogP contribution is -2.33. The van der Waals surface area contributed by atoms with E-state index in [2.05, 4.69) is 16.8 Å². The predicted molar refractivity (Wildman–Crippen MR) is 127 cm³/mol. The van der Waals surface area contributed by atoms with E-state index in [4.69, 9.17) is 4.42 Å². The molecule has 0 saturated carbocycles. The number of fused-ring (bicyclic) bond motifs is 2. The van der Waals surface area contributed by atoms with Crippen molar-refractivity contribution in [3.63, 3.8) is 0 Å². The third-order valence-corrected chi connectivity index (χ3v) is 6.74. The number of piperidine rings is 1. The molecule has 1 N–H and O–H groups in total. The van der Waals surface area contributed by atoms with E-state index in [9.17, 15) is 9.90 Å². The third-order valence-electron chi connectivity index (χ3n) is 6.74. The van der Waals surface area contributed by atoms with E-state index >= 15 is 0 Å². The molecule has 4 aromatic rings. The molecule has 1 saturated heterocycles. The Morgan fingerprint density at radius 1 is 1.28 bits per heavy atom. The SMILES string of the molecule is CCc1cc2c(=O)c(-c3nc4ccccc4n3C)coc2c(CN2CCC[C@H](C)C2)c1O. The number of aryl methyl sites for hydroxylation is 2. The van der Waals surface area contributed by atoms with Crippen molar-refractivity contribution in [3.05, 3.63) is 57.9 Å². The van der Waals surface area contributed by atoms with Crippen LogP contribution in [0.1, 0.15) is 37.8 Å². The number of aromatic hydroxyl groups is 1. The normalized spacial score (nSPS) is 17.4. The third kappa shape index (κ3) is 3.39. The molecule has 166 valence electrons. The second-order valence-corrected chi connectivity index (χ2v) is 9.04. The molecule has 6 nitrogen and oxygen atoms in total. The molecule has 3 heterocycles. The van der Waals surface area contributed by atoms with Crippen LogP contribution in [0, 0.1) is 5.92 Å². The summed E-state index contributed by atoms with van der Waals surface area (Å²) in [7, 11) is 1.91. The molecule has 1 atom stereocenters. The fourth-order valence-corrected chi connectivity index (χ4v) is 5.00. The monoisotopic (exact) mass is 431 g/mol. The molecule has 0 bridgehead atoms. The summed E-state index contributed by atoms with van der Waals surface area (Å²) in [4.78, 5) is 20.7. The minimum Gasteiger partial charge on any atom is -0.507 e. The summed E-state index contributed by atoms with van der Waals surface area (Å²) in [6.07, 6.45) is 4.52. The van der Waals surface area contributed by atoms with E-state index in [1.807, 2.05) is 42.8 Å². The number of benzene rings is 2. The van der Waals surface area contributed by atoms with Crippen molar-refractivity contribution in [3.8, 4) is 17.1 Å². The molecule has 5 rings (SSSR count). The standard InChI is InChI=1S/C26H29N3O3/c1-4-17-12-18-24(31)20(26-27-21-9-5-6-10-22(21)28(26)3)15-32-25(18)19(23(17)30)14-29-11-7-8-16(2)13-29/h5-6,9-10,12,15-16,30H,4,7-8,11,13-14H2,1-3H3/t16-/m0/s1. The summed E-state index contributed by atoms with van der Waals surface area (Å²) in [5.41, 5.74) is 4.07. The Kier molecular flexibility index (Phi) is 5.25. The molecule has 6 heteroatoms. The number of rotatable bonds is 4. The molecule has 1 aliphatic rings. The fraction of sp³-hybridized carbons (Fsp3) is 0.385. The van der Waals surface area contributed by atoms with Gasteiger partial charge < -0.3 is 14.1 Å². The smallest absolute Gasteiger partial charge is 0.203 e. The van der Waals surface area contributed by atoms with Gasteiger partial charge in [-0.2, -0.15) is 0 Å². The second-order valence-electron chi connectivity index (χ2n) is 9.04. The lowest BCUT2D eigenvalue weighted by Gasteiger charge is -2.31. The van der Waals surface area contributed by atoms with Gasteiger partial charge in [-0.3, -0.25) is 9.69 Å². The highest BCUT2D eigenvalue weighted by Gasteiger charge is 2.24. The van der Waals surface area contributed by atoms with Gasteiger partial charge in [0.25, 0.3) is 0 Å². The number of phenols is 1. The van der Waals surface area contributed by atoms with Crippen LogP contribution >= 0.6 is 0 Å². The maximum Gasteiger partial charge on any atom is 0.203 e. The van der Waals surface area contributed by atoms with Crippen molar-refractivity contribution in [2.75, 3.05) is 13.1 Å². The van der Waals surface area contributed by atoms with Gasteiger partial charge in [-0.1, -0.05) is 26.0 Å². The molecule has 1 aliphatic heterocycles. The first-order chi connectivity index (χ1) is 15.5. The van der Waals surface area contributed by atoms with Crippen LogP contribution in [0.3, 0.4) is 0 Å². The van der Waals surface area contributed by atoms with E-state index in [0.717, 1.165) is 36.1 Å². The topological polar surface area (TPSA) is 71.5 Å². The van der Waals surface area contributed by atoms with Crippen molar-refractivity contribution < 1.29 is 9.52 Å². The Balaban J connectivity index is 1.67. The van der Waals surface area contributed by atoms with Crippen molar-refractivity contribution in [1.82, 2.24) is 14.5 Å². The van der Waals surface area contributed by atoms with E-state index < -0.39 is 0 Å². The average molecular weight is 432 g/mol. The van der Waals surface area contributed by atoms with Gasteiger partial charge in [0.05, 0.1) is 22.0 Å². The van der Waals surface area contributed by atoms with Crippen LogP contribution in [0.4, 0.5) is 0 Å². The number of phenolic OH excluding ortho intramolecular Hbond substituents is 1. The highest BCUT2D eigenvalue weighted by atomic mass is 16.3. The number of hydrogen-bond donors (Lipinski definition) is 1. The Morgan fingerprint density at radius 3 is 2.84 bits per heavy atom.